The minimum absolute atomic E-state index is 0.265. The summed E-state index contributed by atoms with van der Waals surface area (Å²) in [5, 5.41) is 10.6. The lowest BCUT2D eigenvalue weighted by Gasteiger charge is -2.57. The van der Waals surface area contributed by atoms with Gasteiger partial charge in [0.1, 0.15) is 5.78 Å². The summed E-state index contributed by atoms with van der Waals surface area (Å²) in [6.45, 7) is 7.55. The quantitative estimate of drug-likeness (QED) is 0.718. The van der Waals surface area contributed by atoms with Gasteiger partial charge in [-0.2, -0.15) is 0 Å². The lowest BCUT2D eigenvalue weighted by atomic mass is 9.49. The Labute approximate surface area is 178 Å². The molecule has 1 N–H and O–H groups in total. The third kappa shape index (κ3) is 3.63. The van der Waals surface area contributed by atoms with Crippen molar-refractivity contribution in [3.05, 3.63) is 0 Å². The molecule has 0 aromatic rings. The Morgan fingerprint density at radius 3 is 2.45 bits per heavy atom. The molecular weight excluding hydrogens is 358 g/mol. The van der Waals surface area contributed by atoms with Gasteiger partial charge in [-0.1, -0.05) is 13.3 Å². The lowest BCUT2D eigenvalue weighted by molar-refractivity contribution is -0.133. The molecule has 5 aliphatic rings. The number of hydrogen-bond acceptors (Lipinski definition) is 3. The first kappa shape index (κ1) is 20.5. The summed E-state index contributed by atoms with van der Waals surface area (Å²) in [6.07, 6.45) is 14.9. The summed E-state index contributed by atoms with van der Waals surface area (Å²) in [7, 11) is 0. The highest BCUT2D eigenvalue weighted by Crippen LogP contribution is 2.64. The fourth-order valence-electron chi connectivity index (χ4n) is 9.06. The Morgan fingerprint density at radius 1 is 0.897 bits per heavy atom. The van der Waals surface area contributed by atoms with Crippen molar-refractivity contribution in [1.82, 2.24) is 4.90 Å². The molecule has 29 heavy (non-hydrogen) atoms. The Kier molecular flexibility index (Phi) is 5.39. The van der Waals surface area contributed by atoms with Crippen molar-refractivity contribution in [2.45, 2.75) is 96.5 Å². The predicted octanol–water partition coefficient (Wildman–Crippen LogP) is 5.06. The normalized spacial score (nSPS) is 50.4. The summed E-state index contributed by atoms with van der Waals surface area (Å²) >= 11 is 0. The fraction of sp³-hybridized carbons (Fsp3) is 0.962. The number of rotatable bonds is 3. The van der Waals surface area contributed by atoms with E-state index in [1.807, 2.05) is 0 Å². The van der Waals surface area contributed by atoms with Crippen LogP contribution in [0.5, 0.6) is 0 Å². The van der Waals surface area contributed by atoms with Crippen LogP contribution >= 0.6 is 0 Å². The number of hydrogen-bond donors (Lipinski definition) is 1. The molecule has 8 atom stereocenters. The van der Waals surface area contributed by atoms with E-state index in [2.05, 4.69) is 18.7 Å². The Balaban J connectivity index is 1.28. The van der Waals surface area contributed by atoms with Crippen molar-refractivity contribution < 1.29 is 9.90 Å². The topological polar surface area (TPSA) is 40.5 Å². The van der Waals surface area contributed by atoms with Crippen LogP contribution in [0.4, 0.5) is 0 Å². The first-order valence-electron chi connectivity index (χ1n) is 12.8. The SMILES string of the molecule is C[C@]1(O)CC[C@H]2[C@@H](CC[C@@H]3[C@@H]2CC[C@]2(C)[C@@H](C(=O)CN4CCCCC4)CC[C@@H]32)C1. The van der Waals surface area contributed by atoms with Crippen molar-refractivity contribution >= 4 is 5.78 Å². The van der Waals surface area contributed by atoms with Gasteiger partial charge < -0.3 is 5.11 Å². The Bertz CT molecular complexity index is 624. The second-order valence-electron chi connectivity index (χ2n) is 12.2. The van der Waals surface area contributed by atoms with Crippen LogP contribution in [0.2, 0.25) is 0 Å². The summed E-state index contributed by atoms with van der Waals surface area (Å²) < 4.78 is 0. The number of carbonyl (C=O) groups excluding carboxylic acids is 1. The molecule has 3 heteroatoms. The van der Waals surface area contributed by atoms with Gasteiger partial charge in [0.25, 0.3) is 0 Å². The van der Waals surface area contributed by atoms with Crippen molar-refractivity contribution in [1.29, 1.82) is 0 Å². The van der Waals surface area contributed by atoms with Crippen molar-refractivity contribution in [2.75, 3.05) is 19.6 Å². The molecule has 0 amide bonds. The van der Waals surface area contributed by atoms with Gasteiger partial charge in [-0.05, 0) is 126 Å². The standard InChI is InChI=1S/C26H43NO2/c1-25(29)12-10-19-18(16-25)6-7-21-20(19)11-13-26(2)22(21)8-9-23(26)24(28)17-27-14-4-3-5-15-27/h18-23,29H,3-17H2,1-2H3/t18-,19-,20+,21+,22-,23+,25-,26-/m0/s1. The van der Waals surface area contributed by atoms with E-state index in [0.29, 0.717) is 11.7 Å². The van der Waals surface area contributed by atoms with Gasteiger partial charge in [0.2, 0.25) is 0 Å². The molecule has 0 bridgehead atoms. The number of ketones is 1. The van der Waals surface area contributed by atoms with Gasteiger partial charge in [0.15, 0.2) is 0 Å². The first-order chi connectivity index (χ1) is 13.9. The molecule has 1 aliphatic heterocycles. The van der Waals surface area contributed by atoms with Gasteiger partial charge in [-0.15, -0.1) is 0 Å². The summed E-state index contributed by atoms with van der Waals surface area (Å²) in [5.74, 6) is 4.99. The number of Topliss-reactive ketones (excluding diaryl/α,β-unsaturated/α-hetero) is 1. The molecule has 4 saturated carbocycles. The van der Waals surface area contributed by atoms with Crippen molar-refractivity contribution in [3.8, 4) is 0 Å². The Morgan fingerprint density at radius 2 is 1.66 bits per heavy atom. The summed E-state index contributed by atoms with van der Waals surface area (Å²) in [6, 6.07) is 0. The molecule has 0 aromatic carbocycles. The molecule has 0 spiro atoms. The number of carbonyl (C=O) groups is 1. The summed E-state index contributed by atoms with van der Waals surface area (Å²) in [4.78, 5) is 15.8. The minimum atomic E-state index is -0.420. The highest BCUT2D eigenvalue weighted by atomic mass is 16.3. The van der Waals surface area contributed by atoms with E-state index in [0.717, 1.165) is 68.5 Å². The van der Waals surface area contributed by atoms with Crippen LogP contribution in [-0.2, 0) is 4.79 Å². The zero-order chi connectivity index (χ0) is 20.2. The van der Waals surface area contributed by atoms with Gasteiger partial charge in [-0.25, -0.2) is 0 Å². The predicted molar refractivity (Wildman–Crippen MR) is 117 cm³/mol. The van der Waals surface area contributed by atoms with Gasteiger partial charge >= 0.3 is 0 Å². The van der Waals surface area contributed by atoms with E-state index in [9.17, 15) is 9.90 Å². The largest absolute Gasteiger partial charge is 0.390 e. The molecule has 1 saturated heterocycles. The van der Waals surface area contributed by atoms with Crippen LogP contribution < -0.4 is 0 Å². The molecule has 0 radical (unpaired) electrons. The number of aliphatic hydroxyl groups is 1. The Hall–Kier alpha value is -0.410. The van der Waals surface area contributed by atoms with E-state index < -0.39 is 5.60 Å². The van der Waals surface area contributed by atoms with Crippen LogP contribution in [-0.4, -0.2) is 41.0 Å². The van der Waals surface area contributed by atoms with Gasteiger partial charge in [0, 0.05) is 5.92 Å². The monoisotopic (exact) mass is 401 g/mol. The third-order valence-electron chi connectivity index (χ3n) is 10.5. The molecule has 4 aliphatic carbocycles. The number of likely N-dealkylation sites (tertiary alicyclic amines) is 1. The maximum Gasteiger partial charge on any atom is 0.150 e. The average molecular weight is 402 g/mol. The molecule has 5 fully saturated rings. The highest BCUT2D eigenvalue weighted by molar-refractivity contribution is 5.84. The zero-order valence-corrected chi connectivity index (χ0v) is 18.9. The maximum atomic E-state index is 13.4. The van der Waals surface area contributed by atoms with Crippen LogP contribution in [0.25, 0.3) is 0 Å². The molecule has 0 aromatic heterocycles. The van der Waals surface area contributed by atoms with E-state index in [4.69, 9.17) is 0 Å². The molecule has 5 rings (SSSR count). The molecular formula is C26H43NO2. The molecule has 0 unspecified atom stereocenters. The molecule has 1 heterocycles. The summed E-state index contributed by atoms with van der Waals surface area (Å²) in [5.41, 5.74) is -0.155. The molecule has 3 nitrogen and oxygen atoms in total. The van der Waals surface area contributed by atoms with Crippen molar-refractivity contribution in [3.63, 3.8) is 0 Å². The second kappa shape index (κ2) is 7.62. The fourth-order valence-corrected chi connectivity index (χ4v) is 9.06. The van der Waals surface area contributed by atoms with E-state index in [1.54, 1.807) is 0 Å². The van der Waals surface area contributed by atoms with Crippen LogP contribution in [0.1, 0.15) is 90.9 Å². The third-order valence-corrected chi connectivity index (χ3v) is 10.5. The minimum Gasteiger partial charge on any atom is -0.390 e. The van der Waals surface area contributed by atoms with Gasteiger partial charge in [-0.3, -0.25) is 9.69 Å². The van der Waals surface area contributed by atoms with E-state index in [-0.39, 0.29) is 5.41 Å². The number of fused-ring (bicyclic) bond motifs is 5. The maximum absolute atomic E-state index is 13.4. The van der Waals surface area contributed by atoms with Gasteiger partial charge in [0.05, 0.1) is 12.1 Å². The van der Waals surface area contributed by atoms with Crippen LogP contribution in [0, 0.1) is 40.9 Å². The van der Waals surface area contributed by atoms with Crippen molar-refractivity contribution in [2.24, 2.45) is 40.9 Å². The smallest absolute Gasteiger partial charge is 0.150 e. The number of nitrogens with zero attached hydrogens (tertiary/aromatic N) is 1. The molecule has 164 valence electrons. The lowest BCUT2D eigenvalue weighted by Crippen LogP contribution is -2.51. The highest BCUT2D eigenvalue weighted by Gasteiger charge is 2.58. The first-order valence-corrected chi connectivity index (χ1v) is 12.8. The van der Waals surface area contributed by atoms with E-state index >= 15 is 0 Å². The van der Waals surface area contributed by atoms with Crippen LogP contribution in [0.15, 0.2) is 0 Å². The average Bonchev–Trinajstić information content (AvgIpc) is 3.05. The van der Waals surface area contributed by atoms with E-state index in [1.165, 1.54) is 57.8 Å². The van der Waals surface area contributed by atoms with Crippen LogP contribution in [0.3, 0.4) is 0 Å². The number of piperidine rings is 1. The second-order valence-corrected chi connectivity index (χ2v) is 12.2. The zero-order valence-electron chi connectivity index (χ0n) is 18.9.